The van der Waals surface area contributed by atoms with Crippen LogP contribution < -0.4 is 0 Å². The smallest absolute Gasteiger partial charge is 0.187 e. The van der Waals surface area contributed by atoms with Gasteiger partial charge in [0.15, 0.2) is 17.3 Å². The van der Waals surface area contributed by atoms with Crippen molar-refractivity contribution in [3.63, 3.8) is 0 Å². The number of nitrogens with zero attached hydrogens (tertiary/aromatic N) is 2. The van der Waals surface area contributed by atoms with Crippen LogP contribution in [0.25, 0.3) is 0 Å². The molecule has 2 heterocycles. The van der Waals surface area contributed by atoms with E-state index in [4.69, 9.17) is 16.7 Å². The van der Waals surface area contributed by atoms with Gasteiger partial charge in [0.05, 0.1) is 12.3 Å². The minimum Gasteiger partial charge on any atom is -0.293 e. The number of hydrogen-bond acceptors (Lipinski definition) is 5. The minimum absolute atomic E-state index is 0.227. The van der Waals surface area contributed by atoms with E-state index in [1.807, 2.05) is 48.5 Å². The van der Waals surface area contributed by atoms with E-state index in [0.717, 1.165) is 21.2 Å². The van der Waals surface area contributed by atoms with E-state index in [1.54, 1.807) is 59.8 Å². The zero-order valence-electron chi connectivity index (χ0n) is 20.4. The first-order valence-corrected chi connectivity index (χ1v) is 13.7. The molecule has 7 heteroatoms. The predicted octanol–water partition coefficient (Wildman–Crippen LogP) is 6.91. The Hall–Kier alpha value is -3.87. The summed E-state index contributed by atoms with van der Waals surface area (Å²) < 4.78 is 0.854. The molecule has 3 aliphatic rings. The Bertz CT molecular complexity index is 1680. The molecule has 5 nitrogen and oxygen atoms in total. The number of carbonyl (C=O) groups is 3. The number of benzene rings is 4. The zero-order valence-corrected chi connectivity index (χ0v) is 22.8. The highest BCUT2D eigenvalue weighted by Gasteiger charge is 2.72. The standard InChI is InChI=1S/C32H20BrClN2O3/c33-21-13-9-18(10-14-21)26-27(28(37)19-11-15-22(34)16-12-19)36-29(23-6-2-1-5-20(23)17-35-36)32(26)30(38)24-7-3-4-8-25(24)31(32)39/h1-17,26-27,29H/t26-,27+,29-/m0/s1. The Balaban J connectivity index is 1.55. The van der Waals surface area contributed by atoms with E-state index in [2.05, 4.69) is 15.9 Å². The SMILES string of the molecule is O=C(c1ccc(Cl)cc1)[C@H]1[C@H](c2ccc(Br)cc2)C2(C(=O)c3ccccc3C2=O)[C@@H]2c3ccccc3C=NN21. The van der Waals surface area contributed by atoms with Gasteiger partial charge >= 0.3 is 0 Å². The fraction of sp³-hybridized carbons (Fsp3) is 0.125. The molecule has 0 saturated carbocycles. The molecular formula is C32H20BrClN2O3. The van der Waals surface area contributed by atoms with Crippen molar-refractivity contribution in [2.75, 3.05) is 0 Å². The average Bonchev–Trinajstić information content (AvgIpc) is 3.40. The molecule has 1 saturated heterocycles. The monoisotopic (exact) mass is 594 g/mol. The van der Waals surface area contributed by atoms with E-state index in [9.17, 15) is 14.4 Å². The van der Waals surface area contributed by atoms with Crippen LogP contribution in [0.15, 0.2) is 107 Å². The molecule has 0 aromatic heterocycles. The number of halogens is 2. The van der Waals surface area contributed by atoms with Crippen molar-refractivity contribution in [2.24, 2.45) is 10.5 Å². The second kappa shape index (κ2) is 8.83. The lowest BCUT2D eigenvalue weighted by Gasteiger charge is -2.36. The maximum absolute atomic E-state index is 14.7. The average molecular weight is 596 g/mol. The quantitative estimate of drug-likeness (QED) is 0.191. The molecule has 1 fully saturated rings. The fourth-order valence-corrected chi connectivity index (χ4v) is 6.99. The summed E-state index contributed by atoms with van der Waals surface area (Å²) in [6, 6.07) is 27.1. The second-order valence-electron chi connectivity index (χ2n) is 10.1. The Morgan fingerprint density at radius 1 is 0.821 bits per heavy atom. The highest BCUT2D eigenvalue weighted by molar-refractivity contribution is 9.10. The molecule has 7 rings (SSSR count). The summed E-state index contributed by atoms with van der Waals surface area (Å²) in [5.41, 5.74) is 1.97. The molecule has 4 aromatic carbocycles. The highest BCUT2D eigenvalue weighted by Crippen LogP contribution is 2.64. The van der Waals surface area contributed by atoms with E-state index >= 15 is 0 Å². The van der Waals surface area contributed by atoms with Gasteiger partial charge < -0.3 is 0 Å². The number of ketones is 3. The highest BCUT2D eigenvalue weighted by atomic mass is 79.9. The van der Waals surface area contributed by atoms with Gasteiger partial charge in [0.25, 0.3) is 0 Å². The number of hydrazone groups is 1. The van der Waals surface area contributed by atoms with Crippen LogP contribution in [0.2, 0.25) is 5.02 Å². The van der Waals surface area contributed by atoms with Gasteiger partial charge in [-0.2, -0.15) is 5.10 Å². The third-order valence-electron chi connectivity index (χ3n) is 8.20. The van der Waals surface area contributed by atoms with Gasteiger partial charge in [-0.25, -0.2) is 0 Å². The van der Waals surface area contributed by atoms with Crippen molar-refractivity contribution >= 4 is 51.1 Å². The number of rotatable bonds is 3. The summed E-state index contributed by atoms with van der Waals surface area (Å²) in [6.07, 6.45) is 1.71. The Morgan fingerprint density at radius 2 is 1.44 bits per heavy atom. The predicted molar refractivity (Wildman–Crippen MR) is 153 cm³/mol. The number of hydrogen-bond donors (Lipinski definition) is 0. The molecule has 1 aliphatic carbocycles. The van der Waals surface area contributed by atoms with Crippen molar-refractivity contribution in [1.82, 2.24) is 5.01 Å². The van der Waals surface area contributed by atoms with E-state index in [1.165, 1.54) is 0 Å². The maximum Gasteiger partial charge on any atom is 0.187 e. The molecule has 0 N–H and O–H groups in total. The summed E-state index contributed by atoms with van der Waals surface area (Å²) in [4.78, 5) is 43.7. The van der Waals surface area contributed by atoms with Crippen LogP contribution in [0.1, 0.15) is 59.7 Å². The van der Waals surface area contributed by atoms with Gasteiger partial charge in [-0.15, -0.1) is 0 Å². The number of fused-ring (bicyclic) bond motifs is 5. The van der Waals surface area contributed by atoms with Crippen molar-refractivity contribution in [1.29, 1.82) is 0 Å². The zero-order chi connectivity index (χ0) is 26.9. The lowest BCUT2D eigenvalue weighted by atomic mass is 9.63. The van der Waals surface area contributed by atoms with Crippen molar-refractivity contribution in [3.05, 3.63) is 140 Å². The van der Waals surface area contributed by atoms with Crippen LogP contribution in [-0.2, 0) is 0 Å². The normalized spacial score (nSPS) is 22.1. The molecule has 4 aromatic rings. The summed E-state index contributed by atoms with van der Waals surface area (Å²) in [6.45, 7) is 0. The Kier molecular flexibility index (Phi) is 5.48. The van der Waals surface area contributed by atoms with Crippen LogP contribution in [0.3, 0.4) is 0 Å². The lowest BCUT2D eigenvalue weighted by molar-refractivity contribution is 0.0586. The first kappa shape index (κ1) is 24.2. The first-order valence-electron chi connectivity index (χ1n) is 12.6. The van der Waals surface area contributed by atoms with Crippen molar-refractivity contribution < 1.29 is 14.4 Å². The molecular weight excluding hydrogens is 576 g/mol. The maximum atomic E-state index is 14.7. The molecule has 2 aliphatic heterocycles. The molecule has 3 atom stereocenters. The van der Waals surface area contributed by atoms with Gasteiger partial charge in [0, 0.05) is 32.1 Å². The van der Waals surface area contributed by atoms with Crippen LogP contribution in [0.5, 0.6) is 0 Å². The molecule has 0 radical (unpaired) electrons. The van der Waals surface area contributed by atoms with Gasteiger partial charge in [-0.05, 0) is 53.1 Å². The van der Waals surface area contributed by atoms with Crippen LogP contribution in [0, 0.1) is 5.41 Å². The molecule has 0 amide bonds. The third-order valence-corrected chi connectivity index (χ3v) is 8.98. The Morgan fingerprint density at radius 3 is 2.10 bits per heavy atom. The summed E-state index contributed by atoms with van der Waals surface area (Å²) in [5.74, 6) is -1.57. The molecule has 39 heavy (non-hydrogen) atoms. The summed E-state index contributed by atoms with van der Waals surface area (Å²) in [5, 5.41) is 6.98. The molecule has 1 spiro atoms. The number of carbonyl (C=O) groups excluding carboxylic acids is 3. The third kappa shape index (κ3) is 3.31. The first-order chi connectivity index (χ1) is 18.9. The van der Waals surface area contributed by atoms with E-state index < -0.39 is 23.4 Å². The van der Waals surface area contributed by atoms with Crippen LogP contribution in [-0.4, -0.2) is 34.6 Å². The summed E-state index contributed by atoms with van der Waals surface area (Å²) >= 11 is 9.63. The Labute approximate surface area is 238 Å². The second-order valence-corrected chi connectivity index (χ2v) is 11.4. The molecule has 0 unspecified atom stereocenters. The van der Waals surface area contributed by atoms with Crippen LogP contribution in [0.4, 0.5) is 0 Å². The van der Waals surface area contributed by atoms with Crippen molar-refractivity contribution in [3.8, 4) is 0 Å². The minimum atomic E-state index is -1.59. The number of Topliss-reactive ketones (excluding diaryl/α,β-unsaturated/α-hetero) is 3. The van der Waals surface area contributed by atoms with E-state index in [0.29, 0.717) is 21.7 Å². The van der Waals surface area contributed by atoms with E-state index in [-0.39, 0.29) is 17.3 Å². The largest absolute Gasteiger partial charge is 0.293 e. The van der Waals surface area contributed by atoms with Crippen LogP contribution >= 0.6 is 27.5 Å². The van der Waals surface area contributed by atoms with Gasteiger partial charge in [0.2, 0.25) is 0 Å². The lowest BCUT2D eigenvalue weighted by Crippen LogP contribution is -2.43. The van der Waals surface area contributed by atoms with Gasteiger partial charge in [-0.3, -0.25) is 19.4 Å². The fourth-order valence-electron chi connectivity index (χ4n) is 6.60. The summed E-state index contributed by atoms with van der Waals surface area (Å²) in [7, 11) is 0. The molecule has 0 bridgehead atoms. The van der Waals surface area contributed by atoms with Crippen molar-refractivity contribution in [2.45, 2.75) is 18.0 Å². The topological polar surface area (TPSA) is 66.8 Å². The van der Waals surface area contributed by atoms with Gasteiger partial charge in [-0.1, -0.05) is 88.2 Å². The molecule has 190 valence electrons. The van der Waals surface area contributed by atoms with Gasteiger partial charge in [0.1, 0.15) is 11.5 Å².